The van der Waals surface area contributed by atoms with Gasteiger partial charge in [-0.25, -0.2) is 4.39 Å². The number of nitrogens with zero attached hydrogens (tertiary/aromatic N) is 3. The number of carbonyl (C=O) groups is 1. The lowest BCUT2D eigenvalue weighted by Gasteiger charge is -2.26. The summed E-state index contributed by atoms with van der Waals surface area (Å²) in [6.45, 7) is 5.71. The number of rotatable bonds is 14. The van der Waals surface area contributed by atoms with Crippen molar-refractivity contribution in [3.8, 4) is 27.8 Å². The first-order chi connectivity index (χ1) is 23.1. The number of ketones is 1. The summed E-state index contributed by atoms with van der Waals surface area (Å²) in [4.78, 5) is 24.7. The molecule has 0 atom stereocenters. The van der Waals surface area contributed by atoms with Crippen LogP contribution in [0, 0.1) is 11.7 Å². The van der Waals surface area contributed by atoms with Crippen molar-refractivity contribution in [2.24, 2.45) is 5.92 Å². The monoisotopic (exact) mass is 652 g/mol. The fraction of sp³-hybridized carbons (Fsp3) is 0.324. The van der Waals surface area contributed by atoms with Crippen molar-refractivity contribution in [2.75, 3.05) is 44.8 Å². The molecule has 0 bridgehead atoms. The number of Topliss-reactive ketones (excluding diaryl/α,β-unsaturated/α-hetero) is 1. The van der Waals surface area contributed by atoms with Gasteiger partial charge >= 0.3 is 0 Å². The van der Waals surface area contributed by atoms with E-state index in [4.69, 9.17) is 19.2 Å². The summed E-state index contributed by atoms with van der Waals surface area (Å²) in [5.74, 6) is 1.70. The Bertz CT molecular complexity index is 1820. The predicted octanol–water partition coefficient (Wildman–Crippen LogP) is 7.52. The third kappa shape index (κ3) is 8.32. The van der Waals surface area contributed by atoms with Crippen LogP contribution in [0.3, 0.4) is 0 Å². The van der Waals surface area contributed by atoms with Gasteiger partial charge in [0.15, 0.2) is 11.6 Å². The van der Waals surface area contributed by atoms with Crippen LogP contribution in [0.15, 0.2) is 79.1 Å². The molecule has 7 rings (SSSR count). The molecular formula is C37H37FN4O4S. The lowest BCUT2D eigenvalue weighted by atomic mass is 10.0. The number of morpholine rings is 1. The Morgan fingerprint density at radius 1 is 0.979 bits per heavy atom. The number of carbonyl (C=O) groups excluding carboxylic acids is 1. The van der Waals surface area contributed by atoms with E-state index < -0.39 is 5.82 Å². The SMILES string of the molecule is O=C(Cc1ccc(Oc2ccnc3cc(-c4ccc(CNc5ccc(OCCN6CCOCC6)cc5)cn4)sc23)c(F)c1)CC1CC1. The molecule has 2 aliphatic rings. The summed E-state index contributed by atoms with van der Waals surface area (Å²) >= 11 is 1.50. The highest BCUT2D eigenvalue weighted by Gasteiger charge is 2.24. The summed E-state index contributed by atoms with van der Waals surface area (Å²) in [5.41, 5.74) is 4.31. The average molecular weight is 653 g/mol. The second-order valence-corrected chi connectivity index (χ2v) is 13.1. The number of benzene rings is 2. The first-order valence-corrected chi connectivity index (χ1v) is 17.0. The van der Waals surface area contributed by atoms with Gasteiger partial charge in [-0.3, -0.25) is 19.7 Å². The minimum atomic E-state index is -0.488. The zero-order chi connectivity index (χ0) is 32.0. The van der Waals surface area contributed by atoms with Gasteiger partial charge in [0.25, 0.3) is 0 Å². The van der Waals surface area contributed by atoms with Gasteiger partial charge in [-0.1, -0.05) is 12.1 Å². The van der Waals surface area contributed by atoms with E-state index in [1.54, 1.807) is 24.4 Å². The van der Waals surface area contributed by atoms with Crippen molar-refractivity contribution < 1.29 is 23.4 Å². The number of aromatic nitrogens is 2. The van der Waals surface area contributed by atoms with Crippen LogP contribution in [0.2, 0.25) is 0 Å². The Hall–Kier alpha value is -4.38. The van der Waals surface area contributed by atoms with Gasteiger partial charge in [-0.05, 0) is 78.4 Å². The number of halogens is 1. The summed E-state index contributed by atoms with van der Waals surface area (Å²) in [5, 5.41) is 3.45. The second kappa shape index (κ2) is 14.6. The van der Waals surface area contributed by atoms with Crippen LogP contribution in [0.5, 0.6) is 17.2 Å². The fourth-order valence-corrected chi connectivity index (χ4v) is 6.63. The van der Waals surface area contributed by atoms with Crippen molar-refractivity contribution in [2.45, 2.75) is 32.2 Å². The van der Waals surface area contributed by atoms with Gasteiger partial charge in [0, 0.05) is 63.2 Å². The van der Waals surface area contributed by atoms with E-state index in [1.165, 1.54) is 17.4 Å². The Balaban J connectivity index is 0.937. The third-order valence-electron chi connectivity index (χ3n) is 8.41. The summed E-state index contributed by atoms with van der Waals surface area (Å²) in [7, 11) is 0. The van der Waals surface area contributed by atoms with Gasteiger partial charge in [0.2, 0.25) is 0 Å². The van der Waals surface area contributed by atoms with Crippen LogP contribution in [0.1, 0.15) is 30.4 Å². The number of pyridine rings is 2. The normalized spacial score (nSPS) is 15.1. The minimum Gasteiger partial charge on any atom is -0.492 e. The highest BCUT2D eigenvalue weighted by molar-refractivity contribution is 7.22. The quantitative estimate of drug-likeness (QED) is 0.132. The highest BCUT2D eigenvalue weighted by atomic mass is 32.1. The molecular weight excluding hydrogens is 615 g/mol. The Morgan fingerprint density at radius 3 is 2.57 bits per heavy atom. The molecule has 8 nitrogen and oxygen atoms in total. The average Bonchev–Trinajstić information content (AvgIpc) is 3.79. The van der Waals surface area contributed by atoms with Crippen LogP contribution in [0.25, 0.3) is 20.8 Å². The topological polar surface area (TPSA) is 85.8 Å². The van der Waals surface area contributed by atoms with E-state index in [0.29, 0.717) is 36.8 Å². The molecule has 0 amide bonds. The smallest absolute Gasteiger partial charge is 0.166 e. The number of nitrogens with one attached hydrogen (secondary N) is 1. The molecule has 1 aliphatic heterocycles. The maximum absolute atomic E-state index is 15.0. The Morgan fingerprint density at radius 2 is 1.81 bits per heavy atom. The van der Waals surface area contributed by atoms with E-state index >= 15 is 0 Å². The van der Waals surface area contributed by atoms with Crippen LogP contribution in [-0.4, -0.2) is 60.1 Å². The van der Waals surface area contributed by atoms with Crippen molar-refractivity contribution in [1.29, 1.82) is 0 Å². The standard InChI is InChI=1S/C37H37FN4O4S/c38-31-21-26(20-29(43)19-25-1-2-25)4-10-34(31)46-35-11-12-39-33-22-36(47-37(33)35)32-9-3-27(24-41-32)23-40-28-5-7-30(8-6-28)45-18-15-42-13-16-44-17-14-42/h3-12,21-22,24-25,40H,1-2,13-20,23H2. The summed E-state index contributed by atoms with van der Waals surface area (Å²) in [6.07, 6.45) is 6.62. The van der Waals surface area contributed by atoms with Crippen LogP contribution in [0.4, 0.5) is 10.1 Å². The molecule has 10 heteroatoms. The zero-order valence-electron chi connectivity index (χ0n) is 26.1. The van der Waals surface area contributed by atoms with E-state index in [9.17, 15) is 9.18 Å². The third-order valence-corrected chi connectivity index (χ3v) is 9.58. The molecule has 1 aliphatic carbocycles. The maximum Gasteiger partial charge on any atom is 0.166 e. The van der Waals surface area contributed by atoms with Crippen molar-refractivity contribution in [3.05, 3.63) is 96.1 Å². The largest absolute Gasteiger partial charge is 0.492 e. The lowest BCUT2D eigenvalue weighted by Crippen LogP contribution is -2.38. The summed E-state index contributed by atoms with van der Waals surface area (Å²) in [6, 6.07) is 20.5. The van der Waals surface area contributed by atoms with Crippen molar-refractivity contribution >= 4 is 33.0 Å². The number of hydrogen-bond donors (Lipinski definition) is 1. The molecule has 2 aromatic carbocycles. The molecule has 0 spiro atoms. The van der Waals surface area contributed by atoms with Gasteiger partial charge in [-0.2, -0.15) is 0 Å². The van der Waals surface area contributed by atoms with Crippen LogP contribution < -0.4 is 14.8 Å². The van der Waals surface area contributed by atoms with Gasteiger partial charge in [0.05, 0.1) is 34.0 Å². The number of hydrogen-bond acceptors (Lipinski definition) is 9. The molecule has 0 radical (unpaired) electrons. The maximum atomic E-state index is 15.0. The number of fused-ring (bicyclic) bond motifs is 1. The molecule has 242 valence electrons. The van der Waals surface area contributed by atoms with Gasteiger partial charge < -0.3 is 19.5 Å². The van der Waals surface area contributed by atoms with Gasteiger partial charge in [-0.15, -0.1) is 11.3 Å². The molecule has 3 aromatic heterocycles. The molecule has 5 aromatic rings. The Kier molecular flexibility index (Phi) is 9.69. The molecule has 1 N–H and O–H groups in total. The van der Waals surface area contributed by atoms with Crippen molar-refractivity contribution in [1.82, 2.24) is 14.9 Å². The van der Waals surface area contributed by atoms with Crippen LogP contribution >= 0.6 is 11.3 Å². The minimum absolute atomic E-state index is 0.117. The fourth-order valence-electron chi connectivity index (χ4n) is 5.59. The van der Waals surface area contributed by atoms with E-state index in [2.05, 4.69) is 21.3 Å². The highest BCUT2D eigenvalue weighted by Crippen LogP contribution is 2.39. The number of thiophene rings is 1. The first kappa shape index (κ1) is 31.2. The second-order valence-electron chi connectivity index (χ2n) is 12.1. The zero-order valence-corrected chi connectivity index (χ0v) is 26.9. The lowest BCUT2D eigenvalue weighted by molar-refractivity contribution is -0.118. The molecule has 2 fully saturated rings. The van der Waals surface area contributed by atoms with E-state index in [0.717, 1.165) is 83.5 Å². The molecule has 4 heterocycles. The van der Waals surface area contributed by atoms with Crippen molar-refractivity contribution in [3.63, 3.8) is 0 Å². The van der Waals surface area contributed by atoms with E-state index in [-0.39, 0.29) is 18.0 Å². The predicted molar refractivity (Wildman–Crippen MR) is 182 cm³/mol. The van der Waals surface area contributed by atoms with Crippen LogP contribution in [-0.2, 0) is 22.5 Å². The first-order valence-electron chi connectivity index (χ1n) is 16.1. The molecule has 1 saturated carbocycles. The molecule has 1 saturated heterocycles. The summed E-state index contributed by atoms with van der Waals surface area (Å²) < 4.78 is 33.1. The van der Waals surface area contributed by atoms with E-state index in [1.807, 2.05) is 42.6 Å². The molecule has 0 unspecified atom stereocenters. The molecule has 47 heavy (non-hydrogen) atoms. The number of ether oxygens (including phenoxy) is 3. The van der Waals surface area contributed by atoms with Gasteiger partial charge in [0.1, 0.15) is 23.9 Å². The Labute approximate surface area is 277 Å². The number of anilines is 1.